The molecule has 1 aliphatic heterocycles. The van der Waals surface area contributed by atoms with Gasteiger partial charge in [0.25, 0.3) is 0 Å². The Kier molecular flexibility index (Phi) is 5.56. The van der Waals surface area contributed by atoms with Gasteiger partial charge in [0.2, 0.25) is 0 Å². The molecule has 0 aromatic heterocycles. The number of methoxy groups -OCH3 is 1. The van der Waals surface area contributed by atoms with Crippen LogP contribution in [0.2, 0.25) is 0 Å². The van der Waals surface area contributed by atoms with Gasteiger partial charge in [-0.1, -0.05) is 19.1 Å². The first-order chi connectivity index (χ1) is 9.74. The summed E-state index contributed by atoms with van der Waals surface area (Å²) in [7, 11) is 1.42. The number of nitrogens with one attached hydrogen (secondary N) is 1. The van der Waals surface area contributed by atoms with Gasteiger partial charge in [-0.25, -0.2) is 4.79 Å². The average molecular weight is 276 g/mol. The molecular formula is C16H24N2O2. The standard InChI is InChI=1S/C16H24N2O2/c1-3-18(15-7-9-17-10-8-15)12-13-5-4-6-14(11-13)16(19)20-2/h4-6,11,15,17H,3,7-10,12H2,1-2H3. The van der Waals surface area contributed by atoms with Crippen molar-refractivity contribution in [3.8, 4) is 0 Å². The van der Waals surface area contributed by atoms with Crippen LogP contribution < -0.4 is 5.32 Å². The number of hydrogen-bond acceptors (Lipinski definition) is 4. The van der Waals surface area contributed by atoms with Gasteiger partial charge in [0.15, 0.2) is 0 Å². The first-order valence-corrected chi connectivity index (χ1v) is 7.36. The second-order valence-electron chi connectivity index (χ2n) is 5.24. The molecule has 20 heavy (non-hydrogen) atoms. The summed E-state index contributed by atoms with van der Waals surface area (Å²) in [4.78, 5) is 14.1. The van der Waals surface area contributed by atoms with Crippen molar-refractivity contribution in [2.24, 2.45) is 0 Å². The maximum Gasteiger partial charge on any atom is 0.337 e. The monoisotopic (exact) mass is 276 g/mol. The number of carbonyl (C=O) groups is 1. The number of piperidine rings is 1. The minimum atomic E-state index is -0.267. The van der Waals surface area contributed by atoms with Crippen LogP contribution in [0.15, 0.2) is 24.3 Å². The molecule has 4 nitrogen and oxygen atoms in total. The minimum Gasteiger partial charge on any atom is -0.465 e. The molecule has 4 heteroatoms. The van der Waals surface area contributed by atoms with E-state index < -0.39 is 0 Å². The van der Waals surface area contributed by atoms with Crippen LogP contribution in [0.4, 0.5) is 0 Å². The number of esters is 1. The highest BCUT2D eigenvalue weighted by molar-refractivity contribution is 5.89. The van der Waals surface area contributed by atoms with E-state index in [0.29, 0.717) is 11.6 Å². The predicted molar refractivity (Wildman–Crippen MR) is 79.8 cm³/mol. The largest absolute Gasteiger partial charge is 0.465 e. The average Bonchev–Trinajstić information content (AvgIpc) is 2.53. The molecule has 0 aliphatic carbocycles. The second-order valence-corrected chi connectivity index (χ2v) is 5.24. The number of rotatable bonds is 5. The Labute approximate surface area is 121 Å². The van der Waals surface area contributed by atoms with E-state index in [1.165, 1.54) is 25.5 Å². The Bertz CT molecular complexity index is 442. The Morgan fingerprint density at radius 1 is 1.40 bits per heavy atom. The van der Waals surface area contributed by atoms with Crippen molar-refractivity contribution in [1.82, 2.24) is 10.2 Å². The topological polar surface area (TPSA) is 41.6 Å². The van der Waals surface area contributed by atoms with E-state index in [4.69, 9.17) is 4.74 Å². The summed E-state index contributed by atoms with van der Waals surface area (Å²) in [5.74, 6) is -0.267. The molecule has 1 fully saturated rings. The molecule has 0 bridgehead atoms. The van der Waals surface area contributed by atoms with Gasteiger partial charge in [-0.15, -0.1) is 0 Å². The molecule has 0 amide bonds. The quantitative estimate of drug-likeness (QED) is 0.836. The Morgan fingerprint density at radius 3 is 2.80 bits per heavy atom. The summed E-state index contributed by atoms with van der Waals surface area (Å²) >= 11 is 0. The van der Waals surface area contributed by atoms with E-state index in [0.717, 1.165) is 26.2 Å². The van der Waals surface area contributed by atoms with Crippen molar-refractivity contribution < 1.29 is 9.53 Å². The number of hydrogen-bond donors (Lipinski definition) is 1. The van der Waals surface area contributed by atoms with Crippen LogP contribution in [-0.4, -0.2) is 43.7 Å². The molecule has 1 N–H and O–H groups in total. The number of ether oxygens (including phenoxy) is 1. The molecule has 0 radical (unpaired) electrons. The zero-order chi connectivity index (χ0) is 14.4. The Morgan fingerprint density at radius 2 is 2.15 bits per heavy atom. The van der Waals surface area contributed by atoms with E-state index in [1.54, 1.807) is 6.07 Å². The summed E-state index contributed by atoms with van der Waals surface area (Å²) in [6.45, 7) is 6.33. The van der Waals surface area contributed by atoms with Gasteiger partial charge in [0, 0.05) is 12.6 Å². The van der Waals surface area contributed by atoms with Crippen LogP contribution in [0, 0.1) is 0 Å². The van der Waals surface area contributed by atoms with E-state index >= 15 is 0 Å². The minimum absolute atomic E-state index is 0.267. The third kappa shape index (κ3) is 3.81. The second kappa shape index (κ2) is 7.41. The van der Waals surface area contributed by atoms with Crippen molar-refractivity contribution in [2.45, 2.75) is 32.4 Å². The fourth-order valence-electron chi connectivity index (χ4n) is 2.82. The van der Waals surface area contributed by atoms with Crippen LogP contribution in [0.25, 0.3) is 0 Å². The van der Waals surface area contributed by atoms with E-state index in [2.05, 4.69) is 23.2 Å². The summed E-state index contributed by atoms with van der Waals surface area (Å²) in [5, 5.41) is 3.40. The smallest absolute Gasteiger partial charge is 0.337 e. The molecule has 1 heterocycles. The highest BCUT2D eigenvalue weighted by Gasteiger charge is 2.19. The number of nitrogens with zero attached hydrogens (tertiary/aromatic N) is 1. The summed E-state index contributed by atoms with van der Waals surface area (Å²) in [6.07, 6.45) is 2.40. The lowest BCUT2D eigenvalue weighted by atomic mass is 10.0. The Hall–Kier alpha value is -1.39. The maximum absolute atomic E-state index is 11.6. The van der Waals surface area contributed by atoms with E-state index in [9.17, 15) is 4.79 Å². The number of carbonyl (C=O) groups excluding carboxylic acids is 1. The van der Waals surface area contributed by atoms with Crippen molar-refractivity contribution in [2.75, 3.05) is 26.7 Å². The van der Waals surface area contributed by atoms with Crippen molar-refractivity contribution in [1.29, 1.82) is 0 Å². The summed E-state index contributed by atoms with van der Waals surface area (Å²) < 4.78 is 4.78. The first kappa shape index (κ1) is 15.0. The van der Waals surface area contributed by atoms with Gasteiger partial charge in [-0.3, -0.25) is 4.90 Å². The maximum atomic E-state index is 11.6. The summed E-state index contributed by atoms with van der Waals surface area (Å²) in [6, 6.07) is 8.39. The SMILES string of the molecule is CCN(Cc1cccc(C(=O)OC)c1)C1CCNCC1. The molecule has 1 aliphatic rings. The molecule has 1 aromatic carbocycles. The normalized spacial score (nSPS) is 16.4. The molecule has 0 saturated carbocycles. The van der Waals surface area contributed by atoms with Gasteiger partial charge >= 0.3 is 5.97 Å². The van der Waals surface area contributed by atoms with Crippen molar-refractivity contribution in [3.63, 3.8) is 0 Å². The highest BCUT2D eigenvalue weighted by Crippen LogP contribution is 2.16. The zero-order valence-corrected chi connectivity index (χ0v) is 12.4. The van der Waals surface area contributed by atoms with Gasteiger partial charge in [-0.2, -0.15) is 0 Å². The van der Waals surface area contributed by atoms with Crippen molar-refractivity contribution >= 4 is 5.97 Å². The van der Waals surface area contributed by atoms with Gasteiger partial charge < -0.3 is 10.1 Å². The molecule has 0 unspecified atom stereocenters. The van der Waals surface area contributed by atoms with Crippen LogP contribution in [-0.2, 0) is 11.3 Å². The number of benzene rings is 1. The van der Waals surface area contributed by atoms with E-state index in [-0.39, 0.29) is 5.97 Å². The third-order valence-electron chi connectivity index (χ3n) is 3.96. The lowest BCUT2D eigenvalue weighted by Crippen LogP contribution is -2.42. The molecule has 110 valence electrons. The molecule has 1 saturated heterocycles. The molecule has 0 atom stereocenters. The molecule has 1 aromatic rings. The predicted octanol–water partition coefficient (Wildman–Crippen LogP) is 2.05. The van der Waals surface area contributed by atoms with Crippen molar-refractivity contribution in [3.05, 3.63) is 35.4 Å². The molecule has 0 spiro atoms. The fourth-order valence-corrected chi connectivity index (χ4v) is 2.82. The first-order valence-electron chi connectivity index (χ1n) is 7.36. The Balaban J connectivity index is 2.05. The van der Waals surface area contributed by atoms with Crippen LogP contribution >= 0.6 is 0 Å². The van der Waals surface area contributed by atoms with Crippen LogP contribution in [0.1, 0.15) is 35.7 Å². The van der Waals surface area contributed by atoms with Crippen LogP contribution in [0.5, 0.6) is 0 Å². The third-order valence-corrected chi connectivity index (χ3v) is 3.96. The highest BCUT2D eigenvalue weighted by atomic mass is 16.5. The van der Waals surface area contributed by atoms with E-state index in [1.807, 2.05) is 12.1 Å². The zero-order valence-electron chi connectivity index (χ0n) is 12.4. The van der Waals surface area contributed by atoms with Gasteiger partial charge in [-0.05, 0) is 50.2 Å². The molecular weight excluding hydrogens is 252 g/mol. The van der Waals surface area contributed by atoms with Gasteiger partial charge in [0.05, 0.1) is 12.7 Å². The lowest BCUT2D eigenvalue weighted by molar-refractivity contribution is 0.0600. The molecule has 2 rings (SSSR count). The lowest BCUT2D eigenvalue weighted by Gasteiger charge is -2.34. The summed E-state index contributed by atoms with van der Waals surface area (Å²) in [5.41, 5.74) is 1.81. The fraction of sp³-hybridized carbons (Fsp3) is 0.562. The van der Waals surface area contributed by atoms with Gasteiger partial charge in [0.1, 0.15) is 0 Å². The van der Waals surface area contributed by atoms with Crippen LogP contribution in [0.3, 0.4) is 0 Å².